The third-order valence-corrected chi connectivity index (χ3v) is 3.04. The van der Waals surface area contributed by atoms with Crippen LogP contribution in [0.25, 0.3) is 0 Å². The highest BCUT2D eigenvalue weighted by molar-refractivity contribution is 6.17. The third-order valence-electron chi connectivity index (χ3n) is 2.75. The summed E-state index contributed by atoms with van der Waals surface area (Å²) in [6.07, 6.45) is 2.71. The minimum absolute atomic E-state index is 0. The highest BCUT2D eigenvalue weighted by Gasteiger charge is 2.19. The van der Waals surface area contributed by atoms with E-state index < -0.39 is 0 Å². The first kappa shape index (κ1) is 11.8. The second-order valence-electron chi connectivity index (χ2n) is 3.60. The van der Waals surface area contributed by atoms with Crippen LogP contribution in [0.4, 0.5) is 5.69 Å². The first-order chi connectivity index (χ1) is 6.42. The molecule has 0 atom stereocenters. The lowest BCUT2D eigenvalue weighted by molar-refractivity contribution is -0.818. The number of hydrogen-bond acceptors (Lipinski definition) is 0. The lowest BCUT2D eigenvalue weighted by Crippen LogP contribution is -3.05. The van der Waals surface area contributed by atoms with E-state index in [0.29, 0.717) is 5.88 Å². The van der Waals surface area contributed by atoms with Crippen molar-refractivity contribution in [3.63, 3.8) is 0 Å². The fourth-order valence-electron chi connectivity index (χ4n) is 2.05. The van der Waals surface area contributed by atoms with Gasteiger partial charge in [-0.05, 0) is 6.07 Å². The number of halogens is 2. The molecule has 0 spiro atoms. The van der Waals surface area contributed by atoms with E-state index in [0.717, 1.165) is 0 Å². The number of alkyl halides is 1. The largest absolute Gasteiger partial charge is 1.00 e. The highest BCUT2D eigenvalue weighted by Crippen LogP contribution is 2.14. The Bertz CT molecular complexity index is 282. The predicted molar refractivity (Wildman–Crippen MR) is 55.6 cm³/mol. The molecule has 1 fully saturated rings. The summed E-state index contributed by atoms with van der Waals surface area (Å²) in [6, 6.07) is 8.51. The summed E-state index contributed by atoms with van der Waals surface area (Å²) >= 11 is 5.90. The summed E-state index contributed by atoms with van der Waals surface area (Å²) in [7, 11) is 0. The van der Waals surface area contributed by atoms with E-state index in [1.807, 2.05) is 0 Å². The van der Waals surface area contributed by atoms with Crippen molar-refractivity contribution in [2.45, 2.75) is 18.7 Å². The van der Waals surface area contributed by atoms with Crippen LogP contribution >= 0.6 is 11.6 Å². The molecule has 1 N–H and O–H groups in total. The minimum atomic E-state index is 0. The summed E-state index contributed by atoms with van der Waals surface area (Å²) in [5.74, 6) is 0.639. The van der Waals surface area contributed by atoms with Crippen molar-refractivity contribution in [1.82, 2.24) is 0 Å². The molecular formula is C11H15Cl2N. The van der Waals surface area contributed by atoms with Gasteiger partial charge in [-0.1, -0.05) is 18.2 Å². The molecule has 0 unspecified atom stereocenters. The Balaban J connectivity index is 0.000000980. The molecule has 1 aromatic rings. The number of nitrogens with one attached hydrogen (secondary N) is 1. The maximum Gasteiger partial charge on any atom is 0.135 e. The van der Waals surface area contributed by atoms with Crippen molar-refractivity contribution in [3.05, 3.63) is 29.8 Å². The number of para-hydroxylation sites is 1. The summed E-state index contributed by atoms with van der Waals surface area (Å²) in [6.45, 7) is 2.54. The van der Waals surface area contributed by atoms with Crippen molar-refractivity contribution in [2.24, 2.45) is 0 Å². The Labute approximate surface area is 96.5 Å². The van der Waals surface area contributed by atoms with Gasteiger partial charge < -0.3 is 17.3 Å². The Hall–Kier alpha value is -0.240. The standard InChI is InChI=1S/C11H14ClN.ClH/c12-9-10-5-1-2-6-11(10)13-7-3-4-8-13;/h1-2,5-6H,3-4,7-9H2;1H. The lowest BCUT2D eigenvalue weighted by atomic mass is 10.2. The van der Waals surface area contributed by atoms with Gasteiger partial charge in [0, 0.05) is 18.4 Å². The lowest BCUT2D eigenvalue weighted by Gasteiger charge is -2.14. The van der Waals surface area contributed by atoms with Crippen LogP contribution in [0.2, 0.25) is 0 Å². The first-order valence-electron chi connectivity index (χ1n) is 4.91. The number of hydrogen-bond donors (Lipinski definition) is 1. The summed E-state index contributed by atoms with van der Waals surface area (Å²) in [5, 5.41) is 0. The van der Waals surface area contributed by atoms with Crippen molar-refractivity contribution in [3.8, 4) is 0 Å². The van der Waals surface area contributed by atoms with E-state index >= 15 is 0 Å². The Kier molecular flexibility index (Phi) is 4.73. The van der Waals surface area contributed by atoms with Crippen LogP contribution in [0.15, 0.2) is 24.3 Å². The van der Waals surface area contributed by atoms with Gasteiger partial charge in [-0.15, -0.1) is 11.6 Å². The van der Waals surface area contributed by atoms with E-state index in [9.17, 15) is 0 Å². The molecule has 0 bridgehead atoms. The number of benzene rings is 1. The fraction of sp³-hybridized carbons (Fsp3) is 0.455. The third kappa shape index (κ3) is 2.41. The molecular weight excluding hydrogens is 217 g/mol. The molecule has 14 heavy (non-hydrogen) atoms. The van der Waals surface area contributed by atoms with Gasteiger partial charge >= 0.3 is 0 Å². The molecule has 3 heteroatoms. The molecule has 1 saturated heterocycles. The quantitative estimate of drug-likeness (QED) is 0.607. The monoisotopic (exact) mass is 231 g/mol. The van der Waals surface area contributed by atoms with E-state index in [1.54, 1.807) is 4.90 Å². The van der Waals surface area contributed by atoms with Crippen molar-refractivity contribution in [1.29, 1.82) is 0 Å². The number of quaternary nitrogens is 1. The molecule has 1 aromatic carbocycles. The zero-order valence-electron chi connectivity index (χ0n) is 8.10. The fourth-order valence-corrected chi connectivity index (χ4v) is 2.29. The van der Waals surface area contributed by atoms with E-state index in [1.165, 1.54) is 37.2 Å². The Morgan fingerprint density at radius 3 is 2.43 bits per heavy atom. The zero-order chi connectivity index (χ0) is 9.10. The molecule has 1 heterocycles. The summed E-state index contributed by atoms with van der Waals surface area (Å²) < 4.78 is 0. The molecule has 0 aromatic heterocycles. The molecule has 1 aliphatic rings. The molecule has 0 saturated carbocycles. The van der Waals surface area contributed by atoms with Crippen molar-refractivity contribution < 1.29 is 17.3 Å². The predicted octanol–water partition coefficient (Wildman–Crippen LogP) is -1.26. The van der Waals surface area contributed by atoms with Crippen LogP contribution in [0.3, 0.4) is 0 Å². The SMILES string of the molecule is ClCc1ccccc1[NH+]1CCCC1.[Cl-]. The first-order valence-corrected chi connectivity index (χ1v) is 5.44. The van der Waals surface area contributed by atoms with Gasteiger partial charge in [-0.2, -0.15) is 0 Å². The molecule has 1 aliphatic heterocycles. The molecule has 2 rings (SSSR count). The second-order valence-corrected chi connectivity index (χ2v) is 3.87. The van der Waals surface area contributed by atoms with E-state index in [2.05, 4.69) is 24.3 Å². The molecule has 1 nitrogen and oxygen atoms in total. The van der Waals surface area contributed by atoms with Crippen LogP contribution < -0.4 is 17.3 Å². The van der Waals surface area contributed by atoms with Gasteiger partial charge in [-0.25, -0.2) is 0 Å². The van der Waals surface area contributed by atoms with Gasteiger partial charge in [0.1, 0.15) is 5.69 Å². The number of rotatable bonds is 2. The molecule has 0 radical (unpaired) electrons. The van der Waals surface area contributed by atoms with Crippen LogP contribution in [-0.4, -0.2) is 13.1 Å². The molecule has 0 amide bonds. The average Bonchev–Trinajstić information content (AvgIpc) is 2.70. The molecule has 78 valence electrons. The van der Waals surface area contributed by atoms with Gasteiger partial charge in [0.25, 0.3) is 0 Å². The summed E-state index contributed by atoms with van der Waals surface area (Å²) in [4.78, 5) is 1.61. The van der Waals surface area contributed by atoms with Crippen LogP contribution in [0, 0.1) is 0 Å². The highest BCUT2D eigenvalue weighted by atomic mass is 35.5. The van der Waals surface area contributed by atoms with Crippen LogP contribution in [0.5, 0.6) is 0 Å². The zero-order valence-corrected chi connectivity index (χ0v) is 9.61. The summed E-state index contributed by atoms with van der Waals surface area (Å²) in [5.41, 5.74) is 2.70. The van der Waals surface area contributed by atoms with Gasteiger partial charge in [0.05, 0.1) is 19.0 Å². The smallest absolute Gasteiger partial charge is 0.135 e. The van der Waals surface area contributed by atoms with Gasteiger partial charge in [-0.3, -0.25) is 0 Å². The van der Waals surface area contributed by atoms with Crippen LogP contribution in [0.1, 0.15) is 18.4 Å². The van der Waals surface area contributed by atoms with Crippen molar-refractivity contribution in [2.75, 3.05) is 13.1 Å². The minimum Gasteiger partial charge on any atom is -1.00 e. The maximum absolute atomic E-state index is 5.90. The molecule has 0 aliphatic carbocycles. The Morgan fingerprint density at radius 1 is 1.14 bits per heavy atom. The van der Waals surface area contributed by atoms with Crippen LogP contribution in [-0.2, 0) is 5.88 Å². The average molecular weight is 232 g/mol. The second kappa shape index (κ2) is 5.59. The van der Waals surface area contributed by atoms with Crippen molar-refractivity contribution >= 4 is 17.3 Å². The van der Waals surface area contributed by atoms with E-state index in [-0.39, 0.29) is 12.4 Å². The van der Waals surface area contributed by atoms with Gasteiger partial charge in [0.15, 0.2) is 0 Å². The Morgan fingerprint density at radius 2 is 1.79 bits per heavy atom. The van der Waals surface area contributed by atoms with E-state index in [4.69, 9.17) is 11.6 Å². The maximum atomic E-state index is 5.90. The van der Waals surface area contributed by atoms with Gasteiger partial charge in [0.2, 0.25) is 0 Å². The normalized spacial score (nSPS) is 16.6. The topological polar surface area (TPSA) is 4.44 Å².